The van der Waals surface area contributed by atoms with E-state index >= 15 is 0 Å². The number of aliphatic imine (C=N–C) groups is 1. The third kappa shape index (κ3) is 7.15. The number of hydrogen-bond acceptors (Lipinski definition) is 3. The SMILES string of the molecule is CN=C(NCCC(=O)Nc1cccc(Cl)c1C)NCC1(C)CCCS1.I. The van der Waals surface area contributed by atoms with Gasteiger partial charge in [0.05, 0.1) is 0 Å². The fraction of sp³-hybridized carbons (Fsp3) is 0.556. The van der Waals surface area contributed by atoms with E-state index in [1.807, 2.05) is 36.9 Å². The van der Waals surface area contributed by atoms with E-state index in [0.29, 0.717) is 18.0 Å². The number of benzene rings is 1. The Balaban J connectivity index is 0.00000338. The van der Waals surface area contributed by atoms with Gasteiger partial charge in [-0.3, -0.25) is 9.79 Å². The zero-order valence-corrected chi connectivity index (χ0v) is 19.4. The van der Waals surface area contributed by atoms with Gasteiger partial charge in [0.15, 0.2) is 5.96 Å². The Hall–Kier alpha value is -0.670. The summed E-state index contributed by atoms with van der Waals surface area (Å²) in [5.74, 6) is 1.92. The van der Waals surface area contributed by atoms with Crippen LogP contribution in [0.3, 0.4) is 0 Å². The minimum absolute atomic E-state index is 0. The molecule has 0 bridgehead atoms. The van der Waals surface area contributed by atoms with Crippen LogP contribution in [-0.4, -0.2) is 42.5 Å². The second kappa shape index (κ2) is 11.2. The predicted octanol–water partition coefficient (Wildman–Crippen LogP) is 4.05. The van der Waals surface area contributed by atoms with Gasteiger partial charge in [-0.1, -0.05) is 17.7 Å². The van der Waals surface area contributed by atoms with E-state index in [4.69, 9.17) is 11.6 Å². The molecule has 8 heteroatoms. The minimum atomic E-state index is -0.0494. The van der Waals surface area contributed by atoms with E-state index in [0.717, 1.165) is 23.8 Å². The first-order valence-corrected chi connectivity index (χ1v) is 9.93. The number of amides is 1. The van der Waals surface area contributed by atoms with Crippen molar-refractivity contribution >= 4 is 64.9 Å². The lowest BCUT2D eigenvalue weighted by Crippen LogP contribution is -2.44. The van der Waals surface area contributed by atoms with Crippen LogP contribution in [0.2, 0.25) is 5.02 Å². The van der Waals surface area contributed by atoms with Crippen molar-refractivity contribution < 1.29 is 4.79 Å². The lowest BCUT2D eigenvalue weighted by molar-refractivity contribution is -0.116. The molecule has 146 valence electrons. The van der Waals surface area contributed by atoms with Crippen molar-refractivity contribution in [3.63, 3.8) is 0 Å². The molecule has 0 aromatic heterocycles. The van der Waals surface area contributed by atoms with Gasteiger partial charge >= 0.3 is 0 Å². The van der Waals surface area contributed by atoms with Gasteiger partial charge in [-0.25, -0.2) is 0 Å². The highest BCUT2D eigenvalue weighted by molar-refractivity contribution is 14.0. The van der Waals surface area contributed by atoms with Gasteiger partial charge in [0.1, 0.15) is 0 Å². The van der Waals surface area contributed by atoms with E-state index in [2.05, 4.69) is 27.9 Å². The Bertz CT molecular complexity index is 636. The average Bonchev–Trinajstić information content (AvgIpc) is 3.02. The number of carbonyl (C=O) groups is 1. The van der Waals surface area contributed by atoms with Crippen molar-refractivity contribution in [2.75, 3.05) is 31.2 Å². The van der Waals surface area contributed by atoms with E-state index in [9.17, 15) is 4.79 Å². The lowest BCUT2D eigenvalue weighted by atomic mass is 10.1. The average molecular weight is 511 g/mol. The summed E-state index contributed by atoms with van der Waals surface area (Å²) in [5.41, 5.74) is 1.64. The Morgan fingerprint density at radius 2 is 2.15 bits per heavy atom. The molecule has 1 aromatic carbocycles. The summed E-state index contributed by atoms with van der Waals surface area (Å²) < 4.78 is 0.277. The van der Waals surface area contributed by atoms with Crippen molar-refractivity contribution in [3.8, 4) is 0 Å². The number of thioether (sulfide) groups is 1. The van der Waals surface area contributed by atoms with Crippen molar-refractivity contribution in [2.45, 2.75) is 37.9 Å². The highest BCUT2D eigenvalue weighted by atomic mass is 127. The van der Waals surface area contributed by atoms with E-state index in [-0.39, 0.29) is 34.6 Å². The molecule has 3 N–H and O–H groups in total. The van der Waals surface area contributed by atoms with Gasteiger partial charge in [0, 0.05) is 42.0 Å². The first-order valence-electron chi connectivity index (χ1n) is 8.57. The fourth-order valence-corrected chi connectivity index (χ4v) is 4.14. The highest BCUT2D eigenvalue weighted by Crippen LogP contribution is 2.36. The molecule has 1 amide bonds. The van der Waals surface area contributed by atoms with Crippen molar-refractivity contribution in [1.29, 1.82) is 0 Å². The van der Waals surface area contributed by atoms with Gasteiger partial charge in [-0.2, -0.15) is 11.8 Å². The first kappa shape index (κ1) is 23.4. The second-order valence-corrected chi connectivity index (χ2v) is 8.55. The number of anilines is 1. The molecule has 0 saturated carbocycles. The number of rotatable bonds is 6. The Labute approximate surface area is 182 Å². The zero-order valence-electron chi connectivity index (χ0n) is 15.5. The third-order valence-electron chi connectivity index (χ3n) is 4.34. The topological polar surface area (TPSA) is 65.5 Å². The molecule has 5 nitrogen and oxygen atoms in total. The van der Waals surface area contributed by atoms with Gasteiger partial charge in [-0.15, -0.1) is 24.0 Å². The Morgan fingerprint density at radius 3 is 2.81 bits per heavy atom. The maximum Gasteiger partial charge on any atom is 0.226 e. The van der Waals surface area contributed by atoms with Crippen molar-refractivity contribution in [2.24, 2.45) is 4.99 Å². The molecular formula is C18H28ClIN4OS. The number of halogens is 2. The standard InChI is InChI=1S/C18H27ClN4OS.HI/c1-13-14(19)6-4-7-15(13)23-16(24)8-10-21-17(20-3)22-12-18(2)9-5-11-25-18;/h4,6-7H,5,8-12H2,1-3H3,(H,23,24)(H2,20,21,22);1H. The molecule has 2 rings (SSSR count). The number of carbonyl (C=O) groups excluding carboxylic acids is 1. The lowest BCUT2D eigenvalue weighted by Gasteiger charge is -2.24. The minimum Gasteiger partial charge on any atom is -0.356 e. The summed E-state index contributed by atoms with van der Waals surface area (Å²) in [6, 6.07) is 5.50. The molecule has 26 heavy (non-hydrogen) atoms. The van der Waals surface area contributed by atoms with Crippen LogP contribution in [0.1, 0.15) is 31.7 Å². The molecule has 1 saturated heterocycles. The quantitative estimate of drug-likeness (QED) is 0.307. The van der Waals surface area contributed by atoms with Crippen LogP contribution in [0, 0.1) is 6.92 Å². The molecule has 0 spiro atoms. The van der Waals surface area contributed by atoms with Crippen LogP contribution >= 0.6 is 47.3 Å². The normalized spacial score (nSPS) is 19.6. The molecule has 1 aliphatic rings. The summed E-state index contributed by atoms with van der Waals surface area (Å²) in [6.45, 7) is 5.58. The monoisotopic (exact) mass is 510 g/mol. The molecule has 0 aliphatic carbocycles. The number of hydrogen-bond donors (Lipinski definition) is 3. The van der Waals surface area contributed by atoms with Crippen LogP contribution in [0.25, 0.3) is 0 Å². The molecule has 0 radical (unpaired) electrons. The van der Waals surface area contributed by atoms with E-state index in [1.165, 1.54) is 18.6 Å². The van der Waals surface area contributed by atoms with Gasteiger partial charge in [-0.05, 0) is 50.1 Å². The molecule has 1 aromatic rings. The number of nitrogens with one attached hydrogen (secondary N) is 3. The molecular weight excluding hydrogens is 483 g/mol. The Kier molecular flexibility index (Phi) is 10.1. The third-order valence-corrected chi connectivity index (χ3v) is 6.29. The summed E-state index contributed by atoms with van der Waals surface area (Å²) in [5, 5.41) is 10.1. The summed E-state index contributed by atoms with van der Waals surface area (Å²) in [6.07, 6.45) is 2.86. The fourth-order valence-electron chi connectivity index (χ4n) is 2.72. The number of nitrogens with zero attached hydrogens (tertiary/aromatic N) is 1. The Morgan fingerprint density at radius 1 is 1.38 bits per heavy atom. The molecule has 1 heterocycles. The summed E-state index contributed by atoms with van der Waals surface area (Å²) in [7, 11) is 1.74. The predicted molar refractivity (Wildman–Crippen MR) is 124 cm³/mol. The first-order chi connectivity index (χ1) is 11.9. The summed E-state index contributed by atoms with van der Waals surface area (Å²) >= 11 is 8.08. The highest BCUT2D eigenvalue weighted by Gasteiger charge is 2.29. The van der Waals surface area contributed by atoms with Crippen molar-refractivity contribution in [3.05, 3.63) is 28.8 Å². The van der Waals surface area contributed by atoms with Crippen LogP contribution < -0.4 is 16.0 Å². The zero-order chi connectivity index (χ0) is 18.3. The van der Waals surface area contributed by atoms with Gasteiger partial charge in [0.2, 0.25) is 5.91 Å². The summed E-state index contributed by atoms with van der Waals surface area (Å²) in [4.78, 5) is 16.3. The van der Waals surface area contributed by atoms with E-state index < -0.39 is 0 Å². The van der Waals surface area contributed by atoms with Gasteiger partial charge < -0.3 is 16.0 Å². The molecule has 1 unspecified atom stereocenters. The van der Waals surface area contributed by atoms with Crippen LogP contribution in [0.5, 0.6) is 0 Å². The molecule has 1 fully saturated rings. The smallest absolute Gasteiger partial charge is 0.226 e. The maximum atomic E-state index is 12.1. The van der Waals surface area contributed by atoms with Crippen LogP contribution in [0.15, 0.2) is 23.2 Å². The van der Waals surface area contributed by atoms with E-state index in [1.54, 1.807) is 7.05 Å². The number of guanidine groups is 1. The van der Waals surface area contributed by atoms with Gasteiger partial charge in [0.25, 0.3) is 0 Å². The largest absolute Gasteiger partial charge is 0.356 e. The maximum absolute atomic E-state index is 12.1. The second-order valence-electron chi connectivity index (χ2n) is 6.47. The molecule has 1 aliphatic heterocycles. The van der Waals surface area contributed by atoms with Crippen LogP contribution in [0.4, 0.5) is 5.69 Å². The molecule has 1 atom stereocenters. The van der Waals surface area contributed by atoms with Crippen molar-refractivity contribution in [1.82, 2.24) is 10.6 Å². The van der Waals surface area contributed by atoms with Crippen LogP contribution in [-0.2, 0) is 4.79 Å².